The fraction of sp³-hybridized carbons (Fsp3) is 0.286. The van der Waals surface area contributed by atoms with Gasteiger partial charge in [-0.1, -0.05) is 38.1 Å². The van der Waals surface area contributed by atoms with Crippen LogP contribution >= 0.6 is 0 Å². The Labute approximate surface area is 158 Å². The molecule has 0 saturated heterocycles. The number of aryl methyl sites for hydroxylation is 1. The number of benzene rings is 2. The lowest BCUT2D eigenvalue weighted by molar-refractivity contribution is -0.118. The molecule has 0 saturated carbocycles. The molecule has 3 aromatic rings. The highest BCUT2D eigenvalue weighted by Gasteiger charge is 2.09. The van der Waals surface area contributed by atoms with Gasteiger partial charge in [0.05, 0.1) is 0 Å². The fourth-order valence-corrected chi connectivity index (χ4v) is 2.51. The first-order valence-corrected chi connectivity index (χ1v) is 9.00. The first-order valence-electron chi connectivity index (χ1n) is 9.00. The third-order valence-corrected chi connectivity index (χ3v) is 4.12. The number of rotatable bonds is 7. The van der Waals surface area contributed by atoms with Crippen LogP contribution in [-0.4, -0.2) is 22.7 Å². The summed E-state index contributed by atoms with van der Waals surface area (Å²) in [6.45, 7) is 6.17. The topological polar surface area (TPSA) is 77.2 Å². The highest BCUT2D eigenvalue weighted by molar-refractivity contribution is 5.91. The maximum Gasteiger partial charge on any atom is 0.262 e. The zero-order valence-corrected chi connectivity index (χ0v) is 15.7. The SMILES string of the molecule is CCc1noc(-c2ccc(OCC(=O)Nc3ccc(C(C)C)cc3)cc2)n1. The summed E-state index contributed by atoms with van der Waals surface area (Å²) in [4.78, 5) is 16.3. The third-order valence-electron chi connectivity index (χ3n) is 4.12. The number of hydrogen-bond acceptors (Lipinski definition) is 5. The second kappa shape index (κ2) is 8.49. The molecule has 1 amide bonds. The Kier molecular flexibility index (Phi) is 5.86. The normalized spacial score (nSPS) is 10.8. The first-order chi connectivity index (χ1) is 13.0. The fourth-order valence-electron chi connectivity index (χ4n) is 2.51. The molecule has 0 radical (unpaired) electrons. The molecular formula is C21H23N3O3. The number of carbonyl (C=O) groups is 1. The monoisotopic (exact) mass is 365 g/mol. The van der Waals surface area contributed by atoms with E-state index >= 15 is 0 Å². The smallest absolute Gasteiger partial charge is 0.262 e. The number of amides is 1. The summed E-state index contributed by atoms with van der Waals surface area (Å²) < 4.78 is 10.7. The molecule has 6 nitrogen and oxygen atoms in total. The minimum atomic E-state index is -0.208. The van der Waals surface area contributed by atoms with Gasteiger partial charge in [0.25, 0.3) is 11.8 Å². The molecule has 140 valence electrons. The predicted octanol–water partition coefficient (Wildman–Crippen LogP) is 4.44. The Morgan fingerprint density at radius 2 is 1.81 bits per heavy atom. The number of hydrogen-bond donors (Lipinski definition) is 1. The van der Waals surface area contributed by atoms with Crippen molar-refractivity contribution in [3.8, 4) is 17.2 Å². The minimum absolute atomic E-state index is 0.0637. The van der Waals surface area contributed by atoms with Gasteiger partial charge in [-0.15, -0.1) is 0 Å². The maximum absolute atomic E-state index is 12.1. The highest BCUT2D eigenvalue weighted by atomic mass is 16.5. The molecule has 0 aliphatic heterocycles. The average Bonchev–Trinajstić information content (AvgIpc) is 3.16. The molecule has 27 heavy (non-hydrogen) atoms. The van der Waals surface area contributed by atoms with E-state index in [0.29, 0.717) is 23.4 Å². The van der Waals surface area contributed by atoms with Gasteiger partial charge in [-0.3, -0.25) is 4.79 Å². The molecule has 1 aromatic heterocycles. The molecule has 0 atom stereocenters. The van der Waals surface area contributed by atoms with Gasteiger partial charge in [0, 0.05) is 17.7 Å². The molecule has 0 unspecified atom stereocenters. The molecule has 1 N–H and O–H groups in total. The number of carbonyl (C=O) groups excluding carboxylic acids is 1. The summed E-state index contributed by atoms with van der Waals surface area (Å²) in [6, 6.07) is 15.0. The second-order valence-corrected chi connectivity index (χ2v) is 6.51. The zero-order valence-electron chi connectivity index (χ0n) is 15.7. The summed E-state index contributed by atoms with van der Waals surface area (Å²) >= 11 is 0. The number of nitrogens with one attached hydrogen (secondary N) is 1. The second-order valence-electron chi connectivity index (χ2n) is 6.51. The number of nitrogens with zero attached hydrogens (tertiary/aromatic N) is 2. The summed E-state index contributed by atoms with van der Waals surface area (Å²) in [5.41, 5.74) is 2.80. The van der Waals surface area contributed by atoms with Crippen molar-refractivity contribution in [2.45, 2.75) is 33.1 Å². The van der Waals surface area contributed by atoms with E-state index in [2.05, 4.69) is 29.3 Å². The summed E-state index contributed by atoms with van der Waals surface area (Å²) in [5.74, 6) is 1.99. The van der Waals surface area contributed by atoms with Crippen LogP contribution in [0.3, 0.4) is 0 Å². The van der Waals surface area contributed by atoms with Crippen LogP contribution in [0.25, 0.3) is 11.5 Å². The van der Waals surface area contributed by atoms with E-state index in [-0.39, 0.29) is 12.5 Å². The summed E-state index contributed by atoms with van der Waals surface area (Å²) in [6.07, 6.45) is 0.722. The van der Waals surface area contributed by atoms with Gasteiger partial charge in [0.1, 0.15) is 5.75 Å². The Balaban J connectivity index is 1.52. The molecule has 0 bridgehead atoms. The van der Waals surface area contributed by atoms with E-state index in [1.54, 1.807) is 12.1 Å². The van der Waals surface area contributed by atoms with Crippen molar-refractivity contribution in [1.82, 2.24) is 10.1 Å². The van der Waals surface area contributed by atoms with E-state index in [1.165, 1.54) is 5.56 Å². The summed E-state index contributed by atoms with van der Waals surface area (Å²) in [5, 5.41) is 6.71. The molecule has 6 heteroatoms. The van der Waals surface area contributed by atoms with Crippen LogP contribution in [0.1, 0.15) is 38.1 Å². The van der Waals surface area contributed by atoms with E-state index in [9.17, 15) is 4.79 Å². The molecule has 0 spiro atoms. The van der Waals surface area contributed by atoms with Crippen molar-refractivity contribution in [2.24, 2.45) is 0 Å². The molecule has 0 fully saturated rings. The van der Waals surface area contributed by atoms with Gasteiger partial charge >= 0.3 is 0 Å². The Morgan fingerprint density at radius 1 is 1.11 bits per heavy atom. The molecule has 1 heterocycles. The number of ether oxygens (including phenoxy) is 1. The van der Waals surface area contributed by atoms with Crippen LogP contribution < -0.4 is 10.1 Å². The Bertz CT molecular complexity index is 884. The first kappa shape index (κ1) is 18.6. The van der Waals surface area contributed by atoms with Crippen molar-refractivity contribution in [1.29, 1.82) is 0 Å². The lowest BCUT2D eigenvalue weighted by Gasteiger charge is -2.09. The Hall–Kier alpha value is -3.15. The zero-order chi connectivity index (χ0) is 19.2. The van der Waals surface area contributed by atoms with Crippen molar-refractivity contribution < 1.29 is 14.1 Å². The van der Waals surface area contributed by atoms with E-state index in [4.69, 9.17) is 9.26 Å². The minimum Gasteiger partial charge on any atom is -0.484 e. The van der Waals surface area contributed by atoms with Crippen molar-refractivity contribution in [3.63, 3.8) is 0 Å². The molecule has 3 rings (SSSR count). The van der Waals surface area contributed by atoms with Gasteiger partial charge < -0.3 is 14.6 Å². The van der Waals surface area contributed by atoms with Gasteiger partial charge in [-0.2, -0.15) is 4.98 Å². The van der Waals surface area contributed by atoms with Crippen molar-refractivity contribution in [3.05, 3.63) is 59.9 Å². The molecule has 2 aromatic carbocycles. The Morgan fingerprint density at radius 3 is 2.41 bits per heavy atom. The van der Waals surface area contributed by atoms with E-state index in [1.807, 2.05) is 43.3 Å². The highest BCUT2D eigenvalue weighted by Crippen LogP contribution is 2.21. The molecular weight excluding hydrogens is 342 g/mol. The molecule has 0 aliphatic carbocycles. The van der Waals surface area contributed by atoms with Gasteiger partial charge in [0.15, 0.2) is 12.4 Å². The largest absolute Gasteiger partial charge is 0.484 e. The van der Waals surface area contributed by atoms with Crippen LogP contribution in [0.4, 0.5) is 5.69 Å². The number of aromatic nitrogens is 2. The van der Waals surface area contributed by atoms with Gasteiger partial charge in [0.2, 0.25) is 0 Å². The number of anilines is 1. The van der Waals surface area contributed by atoms with Crippen LogP contribution in [-0.2, 0) is 11.2 Å². The van der Waals surface area contributed by atoms with Gasteiger partial charge in [-0.25, -0.2) is 0 Å². The predicted molar refractivity (Wildman–Crippen MR) is 104 cm³/mol. The van der Waals surface area contributed by atoms with Crippen LogP contribution in [0.2, 0.25) is 0 Å². The van der Waals surface area contributed by atoms with Gasteiger partial charge in [-0.05, 0) is 47.9 Å². The maximum atomic E-state index is 12.1. The van der Waals surface area contributed by atoms with Crippen molar-refractivity contribution >= 4 is 11.6 Å². The van der Waals surface area contributed by atoms with E-state index in [0.717, 1.165) is 17.7 Å². The average molecular weight is 365 g/mol. The molecule has 0 aliphatic rings. The summed E-state index contributed by atoms with van der Waals surface area (Å²) in [7, 11) is 0. The quantitative estimate of drug-likeness (QED) is 0.670. The lowest BCUT2D eigenvalue weighted by atomic mass is 10.0. The van der Waals surface area contributed by atoms with E-state index < -0.39 is 0 Å². The standard InChI is InChI=1S/C21H23N3O3/c1-4-19-23-21(27-24-19)16-7-11-18(12-8-16)26-13-20(25)22-17-9-5-15(6-10-17)14(2)3/h5-12,14H,4,13H2,1-3H3,(H,22,25). The van der Waals surface area contributed by atoms with Crippen molar-refractivity contribution in [2.75, 3.05) is 11.9 Å². The third kappa shape index (κ3) is 4.94. The van der Waals surface area contributed by atoms with Crippen LogP contribution in [0.15, 0.2) is 53.1 Å². The van der Waals surface area contributed by atoms with Crippen LogP contribution in [0, 0.1) is 0 Å². The lowest BCUT2D eigenvalue weighted by Crippen LogP contribution is -2.20. The van der Waals surface area contributed by atoms with Crippen LogP contribution in [0.5, 0.6) is 5.75 Å².